The Hall–Kier alpha value is -2.22. The van der Waals surface area contributed by atoms with Crippen LogP contribution in [0.5, 0.6) is 0 Å². The van der Waals surface area contributed by atoms with Crippen LogP contribution in [0.25, 0.3) is 21.5 Å². The van der Waals surface area contributed by atoms with Gasteiger partial charge in [0, 0.05) is 0 Å². The second kappa shape index (κ2) is 4.53. The lowest BCUT2D eigenvalue weighted by Gasteiger charge is -2.00. The molecule has 0 aliphatic heterocycles. The van der Waals surface area contributed by atoms with E-state index in [1.807, 2.05) is 0 Å². The number of nitroso groups, excluding NO2 is 1. The molecule has 0 aromatic heterocycles. The van der Waals surface area contributed by atoms with E-state index in [0.29, 0.717) is 0 Å². The lowest BCUT2D eigenvalue weighted by molar-refractivity contribution is 1.49. The highest BCUT2D eigenvalue weighted by atomic mass is 16.2. The Bertz CT molecular complexity index is 514. The summed E-state index contributed by atoms with van der Waals surface area (Å²) >= 11 is 0. The summed E-state index contributed by atoms with van der Waals surface area (Å²) in [6, 6.07) is 21.4. The van der Waals surface area contributed by atoms with Crippen LogP contribution in [0.2, 0.25) is 0 Å². The van der Waals surface area contributed by atoms with Crippen molar-refractivity contribution in [1.29, 1.82) is 5.59 Å². The van der Waals surface area contributed by atoms with Crippen LogP contribution in [-0.4, -0.2) is 0 Å². The summed E-state index contributed by atoms with van der Waals surface area (Å²) in [5.41, 5.74) is 4.50. The molecule has 0 amide bonds. The lowest BCUT2D eigenvalue weighted by Crippen LogP contribution is -1.74. The zero-order valence-electron chi connectivity index (χ0n) is 8.68. The van der Waals surface area contributed by atoms with Crippen LogP contribution in [0.3, 0.4) is 0 Å². The van der Waals surface area contributed by atoms with Crippen molar-refractivity contribution in [2.75, 3.05) is 0 Å². The van der Waals surface area contributed by atoms with E-state index in [2.05, 4.69) is 66.3 Å². The van der Waals surface area contributed by atoms with E-state index in [0.717, 1.165) is 0 Å². The van der Waals surface area contributed by atoms with Crippen molar-refractivity contribution in [1.82, 2.24) is 0 Å². The number of fused-ring (bicyclic) bond motifs is 2. The molecule has 0 atom stereocenters. The van der Waals surface area contributed by atoms with Crippen molar-refractivity contribution >= 4 is 21.5 Å². The van der Waals surface area contributed by atoms with Crippen molar-refractivity contribution < 1.29 is 0 Å². The minimum atomic E-state index is 1.31. The third kappa shape index (κ3) is 1.77. The smallest absolute Gasteiger partial charge is 0.0178 e. The molecule has 0 saturated heterocycles. The van der Waals surface area contributed by atoms with E-state index in [-0.39, 0.29) is 0 Å². The highest BCUT2D eigenvalue weighted by molar-refractivity contribution is 5.97. The fourth-order valence-electron chi connectivity index (χ4n) is 1.88. The Balaban J connectivity index is 0.000000457. The normalized spacial score (nSPS) is 9.75. The van der Waals surface area contributed by atoms with Gasteiger partial charge in [-0.3, -0.25) is 0 Å². The van der Waals surface area contributed by atoms with E-state index in [1.165, 1.54) is 21.5 Å². The van der Waals surface area contributed by atoms with Crippen molar-refractivity contribution in [2.24, 2.45) is 0 Å². The average molecular weight is 209 g/mol. The molecule has 0 aliphatic carbocycles. The minimum Gasteiger partial charge on any atom is -0.154 e. The van der Waals surface area contributed by atoms with Crippen LogP contribution in [-0.2, 0) is 0 Å². The number of benzene rings is 3. The zero-order chi connectivity index (χ0) is 11.4. The van der Waals surface area contributed by atoms with E-state index in [4.69, 9.17) is 4.91 Å². The Labute approximate surface area is 93.3 Å². The van der Waals surface area contributed by atoms with E-state index >= 15 is 0 Å². The summed E-state index contributed by atoms with van der Waals surface area (Å²) in [6.45, 7) is 0. The Morgan fingerprint density at radius 1 is 0.562 bits per heavy atom. The van der Waals surface area contributed by atoms with Crippen LogP contribution in [0.4, 0.5) is 0 Å². The van der Waals surface area contributed by atoms with Gasteiger partial charge in [0.2, 0.25) is 0 Å². The molecule has 3 rings (SSSR count). The predicted octanol–water partition coefficient (Wildman–Crippen LogP) is 4.32. The Kier molecular flexibility index (Phi) is 2.92. The second-order valence-electron chi connectivity index (χ2n) is 3.55. The van der Waals surface area contributed by atoms with Crippen LogP contribution >= 0.6 is 0 Å². The highest BCUT2D eigenvalue weighted by Gasteiger charge is 1.95. The summed E-state index contributed by atoms with van der Waals surface area (Å²) in [7, 11) is 0. The molecule has 78 valence electrons. The molecule has 0 aliphatic rings. The molecular formula is C14H11NO. The summed E-state index contributed by atoms with van der Waals surface area (Å²) in [4.78, 5) is 7.50. The fraction of sp³-hybridized carbons (Fsp3) is 0. The molecular weight excluding hydrogens is 198 g/mol. The van der Waals surface area contributed by atoms with Gasteiger partial charge in [0.15, 0.2) is 0 Å². The molecule has 3 aromatic carbocycles. The Morgan fingerprint density at radius 2 is 0.812 bits per heavy atom. The summed E-state index contributed by atoms with van der Waals surface area (Å²) in [5.74, 6) is 0. The summed E-state index contributed by atoms with van der Waals surface area (Å²) in [6.07, 6.45) is 0. The first-order chi connectivity index (χ1) is 7.93. The number of nitrogens with one attached hydrogen (secondary N) is 1. The maximum Gasteiger partial charge on any atom is -0.0178 e. The molecule has 3 aromatic rings. The average Bonchev–Trinajstić information content (AvgIpc) is 2.38. The summed E-state index contributed by atoms with van der Waals surface area (Å²) < 4.78 is 0. The molecule has 0 bridgehead atoms. The van der Waals surface area contributed by atoms with Crippen LogP contribution in [0.15, 0.2) is 60.7 Å². The first kappa shape index (κ1) is 10.3. The van der Waals surface area contributed by atoms with Crippen molar-refractivity contribution in [3.05, 3.63) is 65.6 Å². The molecule has 0 fully saturated rings. The molecule has 0 unspecified atom stereocenters. The van der Waals surface area contributed by atoms with Crippen LogP contribution in [0, 0.1) is 10.5 Å². The molecule has 0 radical (unpaired) electrons. The van der Waals surface area contributed by atoms with E-state index in [9.17, 15) is 0 Å². The Morgan fingerprint density at radius 3 is 1.06 bits per heavy atom. The van der Waals surface area contributed by atoms with E-state index in [1.54, 1.807) is 0 Å². The largest absolute Gasteiger partial charge is 0.154 e. The first-order valence-electron chi connectivity index (χ1n) is 5.01. The lowest BCUT2D eigenvalue weighted by atomic mass is 10.0. The van der Waals surface area contributed by atoms with Crippen LogP contribution < -0.4 is 0 Å². The number of rotatable bonds is 0. The molecule has 2 nitrogen and oxygen atoms in total. The van der Waals surface area contributed by atoms with Gasteiger partial charge >= 0.3 is 0 Å². The van der Waals surface area contributed by atoms with Gasteiger partial charge in [0.25, 0.3) is 0 Å². The van der Waals surface area contributed by atoms with Crippen molar-refractivity contribution in [3.63, 3.8) is 0 Å². The highest BCUT2D eigenvalue weighted by Crippen LogP contribution is 2.21. The molecule has 2 heteroatoms. The van der Waals surface area contributed by atoms with Gasteiger partial charge in [-0.25, -0.2) is 0 Å². The first-order valence-corrected chi connectivity index (χ1v) is 5.01. The topological polar surface area (TPSA) is 40.9 Å². The van der Waals surface area contributed by atoms with Gasteiger partial charge in [-0.05, 0) is 33.7 Å². The standard InChI is InChI=1S/C14H10.HNO/c1-2-6-12-10-14-8-4-3-7-13(14)9-11(12)5-1;1-2/h1-10H;1H. The van der Waals surface area contributed by atoms with Gasteiger partial charge in [-0.15, -0.1) is 0 Å². The quantitative estimate of drug-likeness (QED) is 0.434. The summed E-state index contributed by atoms with van der Waals surface area (Å²) in [5, 5.41) is 5.25. The fourth-order valence-corrected chi connectivity index (χ4v) is 1.88. The molecule has 0 heterocycles. The van der Waals surface area contributed by atoms with Gasteiger partial charge in [0.1, 0.15) is 0 Å². The van der Waals surface area contributed by atoms with Gasteiger partial charge in [-0.1, -0.05) is 54.1 Å². The third-order valence-electron chi connectivity index (χ3n) is 2.61. The monoisotopic (exact) mass is 209 g/mol. The molecule has 16 heavy (non-hydrogen) atoms. The maximum absolute atomic E-state index is 7.50. The molecule has 1 N–H and O–H groups in total. The third-order valence-corrected chi connectivity index (χ3v) is 2.61. The van der Waals surface area contributed by atoms with E-state index < -0.39 is 0 Å². The van der Waals surface area contributed by atoms with Crippen molar-refractivity contribution in [2.45, 2.75) is 0 Å². The predicted molar refractivity (Wildman–Crippen MR) is 67.5 cm³/mol. The van der Waals surface area contributed by atoms with Gasteiger partial charge in [0.05, 0.1) is 0 Å². The number of hydrogen-bond donors (Lipinski definition) is 1. The van der Waals surface area contributed by atoms with Crippen molar-refractivity contribution in [3.8, 4) is 0 Å². The van der Waals surface area contributed by atoms with Gasteiger partial charge < -0.3 is 0 Å². The number of hydrogen-bond acceptors (Lipinski definition) is 2. The second-order valence-corrected chi connectivity index (χ2v) is 3.55. The molecule has 0 spiro atoms. The van der Waals surface area contributed by atoms with Crippen LogP contribution in [0.1, 0.15) is 0 Å². The van der Waals surface area contributed by atoms with Gasteiger partial charge in [-0.2, -0.15) is 4.91 Å². The maximum atomic E-state index is 7.50. The molecule has 0 saturated carbocycles. The minimum absolute atomic E-state index is 1.31. The zero-order valence-corrected chi connectivity index (χ0v) is 8.68. The SMILES string of the molecule is N=O.c1ccc2cc3ccccc3cc2c1.